The van der Waals surface area contributed by atoms with Gasteiger partial charge in [0.1, 0.15) is 0 Å². The van der Waals surface area contributed by atoms with Crippen LogP contribution in [0, 0.1) is 5.92 Å². The third-order valence-corrected chi connectivity index (χ3v) is 1.86. The predicted molar refractivity (Wildman–Crippen MR) is 51.1 cm³/mol. The molecule has 0 aliphatic rings. The van der Waals surface area contributed by atoms with Gasteiger partial charge in [-0.3, -0.25) is 4.79 Å². The zero-order valence-electron chi connectivity index (χ0n) is 8.16. The van der Waals surface area contributed by atoms with E-state index in [9.17, 15) is 4.79 Å². The van der Waals surface area contributed by atoms with E-state index in [1.807, 2.05) is 13.8 Å². The van der Waals surface area contributed by atoms with Crippen molar-refractivity contribution in [2.75, 3.05) is 13.1 Å². The monoisotopic (exact) mass is 184 g/mol. The lowest BCUT2D eigenvalue weighted by Crippen LogP contribution is -2.29. The zero-order chi connectivity index (χ0) is 10.1. The number of carbonyl (C=O) groups excluding carboxylic acids is 1. The lowest BCUT2D eigenvalue weighted by atomic mass is 10.1. The Balaban J connectivity index is 3.42. The van der Waals surface area contributed by atoms with Crippen molar-refractivity contribution in [3.05, 3.63) is 10.4 Å². The van der Waals surface area contributed by atoms with Crippen molar-refractivity contribution in [2.24, 2.45) is 11.0 Å². The first-order valence-electron chi connectivity index (χ1n) is 4.51. The Labute approximate surface area is 78.1 Å². The molecular weight excluding hydrogens is 168 g/mol. The highest BCUT2D eigenvalue weighted by atomic mass is 16.1. The smallest absolute Gasteiger partial charge is 0.222 e. The number of hydrogen-bond acceptors (Lipinski definition) is 2. The molecule has 0 radical (unpaired) electrons. The average molecular weight is 184 g/mol. The van der Waals surface area contributed by atoms with Gasteiger partial charge in [0.25, 0.3) is 0 Å². The number of nitrogens with one attached hydrogen (secondary N) is 1. The third kappa shape index (κ3) is 5.99. The quantitative estimate of drug-likeness (QED) is 0.291. The Morgan fingerprint density at radius 2 is 2.38 bits per heavy atom. The van der Waals surface area contributed by atoms with Crippen LogP contribution < -0.4 is 5.32 Å². The van der Waals surface area contributed by atoms with Crippen molar-refractivity contribution in [3.63, 3.8) is 0 Å². The van der Waals surface area contributed by atoms with E-state index < -0.39 is 0 Å². The van der Waals surface area contributed by atoms with Crippen LogP contribution in [-0.2, 0) is 4.79 Å². The topological polar surface area (TPSA) is 77.9 Å². The molecule has 0 saturated heterocycles. The van der Waals surface area contributed by atoms with Crippen LogP contribution in [-0.4, -0.2) is 19.0 Å². The van der Waals surface area contributed by atoms with Gasteiger partial charge in [-0.05, 0) is 18.4 Å². The number of rotatable bonds is 6. The molecule has 0 aromatic heterocycles. The molecular formula is C8H16N4O. The molecule has 0 aliphatic heterocycles. The number of hydrogen-bond donors (Lipinski definition) is 1. The summed E-state index contributed by atoms with van der Waals surface area (Å²) in [6.07, 6.45) is 1.55. The van der Waals surface area contributed by atoms with Crippen molar-refractivity contribution in [3.8, 4) is 0 Å². The van der Waals surface area contributed by atoms with Crippen LogP contribution in [0.2, 0.25) is 0 Å². The van der Waals surface area contributed by atoms with Crippen molar-refractivity contribution in [2.45, 2.75) is 26.7 Å². The Bertz CT molecular complexity index is 198. The van der Waals surface area contributed by atoms with Crippen molar-refractivity contribution >= 4 is 5.91 Å². The van der Waals surface area contributed by atoms with Gasteiger partial charge >= 0.3 is 0 Å². The van der Waals surface area contributed by atoms with Gasteiger partial charge in [-0.2, -0.15) is 0 Å². The molecule has 0 aliphatic carbocycles. The van der Waals surface area contributed by atoms with Crippen LogP contribution in [0.1, 0.15) is 26.7 Å². The minimum atomic E-state index is 0.0690. The maximum Gasteiger partial charge on any atom is 0.222 e. The first-order valence-corrected chi connectivity index (χ1v) is 4.51. The number of nitrogens with zero attached hydrogens (tertiary/aromatic N) is 3. The van der Waals surface area contributed by atoms with Crippen LogP contribution in [0.5, 0.6) is 0 Å². The highest BCUT2D eigenvalue weighted by Gasteiger charge is 2.08. The summed E-state index contributed by atoms with van der Waals surface area (Å²) in [6, 6.07) is 0. The number of carbonyl (C=O) groups is 1. The van der Waals surface area contributed by atoms with Crippen LogP contribution in [0.25, 0.3) is 10.4 Å². The summed E-state index contributed by atoms with van der Waals surface area (Å²) in [7, 11) is 0. The molecule has 0 saturated carbocycles. The van der Waals surface area contributed by atoms with Gasteiger partial charge in [0.2, 0.25) is 5.91 Å². The van der Waals surface area contributed by atoms with Gasteiger partial charge in [0.15, 0.2) is 0 Å². The molecule has 1 N–H and O–H groups in total. The molecule has 1 unspecified atom stereocenters. The maximum atomic E-state index is 11.2. The van der Waals surface area contributed by atoms with Crippen molar-refractivity contribution in [1.82, 2.24) is 5.32 Å². The van der Waals surface area contributed by atoms with Crippen molar-refractivity contribution in [1.29, 1.82) is 0 Å². The van der Waals surface area contributed by atoms with Gasteiger partial charge in [-0.25, -0.2) is 0 Å². The minimum absolute atomic E-state index is 0.0690. The molecule has 0 spiro atoms. The zero-order valence-corrected chi connectivity index (χ0v) is 8.16. The molecule has 1 atom stereocenters. The lowest BCUT2D eigenvalue weighted by Gasteiger charge is -2.08. The highest BCUT2D eigenvalue weighted by molar-refractivity contribution is 5.78. The molecule has 0 aromatic rings. The summed E-state index contributed by atoms with van der Waals surface area (Å²) < 4.78 is 0. The minimum Gasteiger partial charge on any atom is -0.356 e. The van der Waals surface area contributed by atoms with Crippen LogP contribution in [0.15, 0.2) is 5.11 Å². The molecule has 74 valence electrons. The summed E-state index contributed by atoms with van der Waals surface area (Å²) in [5, 5.41) is 6.13. The van der Waals surface area contributed by atoms with Crippen LogP contribution >= 0.6 is 0 Å². The molecule has 0 heterocycles. The summed E-state index contributed by atoms with van der Waals surface area (Å²) in [4.78, 5) is 13.8. The fourth-order valence-corrected chi connectivity index (χ4v) is 0.766. The Morgan fingerprint density at radius 3 is 2.92 bits per heavy atom. The molecule has 5 nitrogen and oxygen atoms in total. The molecule has 0 rings (SSSR count). The Hall–Kier alpha value is -1.22. The van der Waals surface area contributed by atoms with E-state index in [0.717, 1.165) is 6.42 Å². The Kier molecular flexibility index (Phi) is 6.73. The summed E-state index contributed by atoms with van der Waals surface area (Å²) in [6.45, 7) is 4.90. The van der Waals surface area contributed by atoms with Gasteiger partial charge in [-0.1, -0.05) is 19.0 Å². The van der Waals surface area contributed by atoms with Crippen molar-refractivity contribution < 1.29 is 4.79 Å². The van der Waals surface area contributed by atoms with Gasteiger partial charge in [0.05, 0.1) is 0 Å². The second kappa shape index (κ2) is 7.43. The molecule has 0 aromatic carbocycles. The van der Waals surface area contributed by atoms with Gasteiger partial charge in [-0.15, -0.1) is 0 Å². The number of azide groups is 1. The summed E-state index contributed by atoms with van der Waals surface area (Å²) >= 11 is 0. The fourth-order valence-electron chi connectivity index (χ4n) is 0.766. The van der Waals surface area contributed by atoms with E-state index >= 15 is 0 Å². The lowest BCUT2D eigenvalue weighted by molar-refractivity contribution is -0.124. The SMILES string of the molecule is CCC(C)C(=O)NCCCN=[N+]=[N-]. The maximum absolute atomic E-state index is 11.2. The third-order valence-electron chi connectivity index (χ3n) is 1.86. The van der Waals surface area contributed by atoms with E-state index in [-0.39, 0.29) is 11.8 Å². The predicted octanol–water partition coefficient (Wildman–Crippen LogP) is 1.85. The molecule has 0 fully saturated rings. The fraction of sp³-hybridized carbons (Fsp3) is 0.875. The van der Waals surface area contributed by atoms with E-state index in [0.29, 0.717) is 19.5 Å². The van der Waals surface area contributed by atoms with E-state index in [4.69, 9.17) is 5.53 Å². The van der Waals surface area contributed by atoms with Crippen LogP contribution in [0.3, 0.4) is 0 Å². The molecule has 5 heteroatoms. The van der Waals surface area contributed by atoms with E-state index in [1.165, 1.54) is 0 Å². The number of amides is 1. The summed E-state index contributed by atoms with van der Waals surface area (Å²) in [5.74, 6) is 0.142. The second-order valence-corrected chi connectivity index (χ2v) is 2.91. The Morgan fingerprint density at radius 1 is 1.69 bits per heavy atom. The molecule has 13 heavy (non-hydrogen) atoms. The van der Waals surface area contributed by atoms with E-state index in [2.05, 4.69) is 15.3 Å². The summed E-state index contributed by atoms with van der Waals surface area (Å²) in [5.41, 5.74) is 7.97. The normalized spacial score (nSPS) is 11.5. The average Bonchev–Trinajstić information content (AvgIpc) is 2.16. The van der Waals surface area contributed by atoms with Crippen LogP contribution in [0.4, 0.5) is 0 Å². The van der Waals surface area contributed by atoms with Gasteiger partial charge in [0, 0.05) is 23.9 Å². The van der Waals surface area contributed by atoms with E-state index in [1.54, 1.807) is 0 Å². The van der Waals surface area contributed by atoms with Gasteiger partial charge < -0.3 is 5.32 Å². The standard InChI is InChI=1S/C8H16N4O/c1-3-7(2)8(13)10-5-4-6-11-12-9/h7H,3-6H2,1-2H3,(H,10,13). The largest absolute Gasteiger partial charge is 0.356 e. The second-order valence-electron chi connectivity index (χ2n) is 2.91. The molecule has 0 bridgehead atoms. The highest BCUT2D eigenvalue weighted by Crippen LogP contribution is 1.99. The first-order chi connectivity index (χ1) is 6.22. The molecule has 1 amide bonds. The first kappa shape index (κ1) is 11.8.